The molecule has 148 valence electrons. The normalized spacial score (nSPS) is 11.1. The molecule has 0 atom stereocenters. The molecule has 0 radical (unpaired) electrons. The highest BCUT2D eigenvalue weighted by Gasteiger charge is 2.18. The van der Waals surface area contributed by atoms with Crippen LogP contribution in [0, 0.1) is 6.92 Å². The standard InChI is InChI=1S/C19H23N5O2S2/c1-5-23-18(26)17-16(12(3)22-24(17)6-2)21-19(23)28-11-15(25)20-13-8-7-9-14(10-13)27-4/h7-10H,5-6,11H2,1-4H3,(H,20,25). The van der Waals surface area contributed by atoms with Gasteiger partial charge in [0.05, 0.1) is 11.4 Å². The minimum atomic E-state index is -0.138. The average molecular weight is 418 g/mol. The Hall–Kier alpha value is -2.26. The maximum Gasteiger partial charge on any atom is 0.280 e. The zero-order valence-corrected chi connectivity index (χ0v) is 18.0. The highest BCUT2D eigenvalue weighted by Crippen LogP contribution is 2.22. The average Bonchev–Trinajstić information content (AvgIpc) is 3.02. The van der Waals surface area contributed by atoms with Crippen molar-refractivity contribution in [3.8, 4) is 0 Å². The number of fused-ring (bicyclic) bond motifs is 1. The zero-order valence-electron chi connectivity index (χ0n) is 16.4. The Balaban J connectivity index is 1.82. The van der Waals surface area contributed by atoms with Crippen LogP contribution in [0.25, 0.3) is 11.0 Å². The molecule has 28 heavy (non-hydrogen) atoms. The maximum atomic E-state index is 12.9. The first-order valence-corrected chi connectivity index (χ1v) is 11.2. The first-order chi connectivity index (χ1) is 13.5. The molecule has 1 aromatic carbocycles. The lowest BCUT2D eigenvalue weighted by Crippen LogP contribution is -2.25. The van der Waals surface area contributed by atoms with Crippen LogP contribution in [0.1, 0.15) is 19.5 Å². The molecule has 7 nitrogen and oxygen atoms in total. The van der Waals surface area contributed by atoms with Crippen molar-refractivity contribution < 1.29 is 4.79 Å². The Labute approximate surface area is 171 Å². The van der Waals surface area contributed by atoms with E-state index in [-0.39, 0.29) is 17.2 Å². The lowest BCUT2D eigenvalue weighted by molar-refractivity contribution is -0.113. The van der Waals surface area contributed by atoms with Crippen molar-refractivity contribution in [1.29, 1.82) is 0 Å². The fourth-order valence-electron chi connectivity index (χ4n) is 2.93. The summed E-state index contributed by atoms with van der Waals surface area (Å²) in [5, 5.41) is 7.83. The SMILES string of the molecule is CCn1c(SCC(=O)Nc2cccc(SC)c2)nc2c(C)nn(CC)c2c1=O. The lowest BCUT2D eigenvalue weighted by Gasteiger charge is -2.11. The van der Waals surface area contributed by atoms with E-state index in [1.807, 2.05) is 51.3 Å². The number of amides is 1. The summed E-state index contributed by atoms with van der Waals surface area (Å²) in [6.45, 7) is 6.77. The number of aromatic nitrogens is 4. The Morgan fingerprint density at radius 2 is 2.04 bits per heavy atom. The number of anilines is 1. The van der Waals surface area contributed by atoms with Gasteiger partial charge in [-0.2, -0.15) is 5.10 Å². The number of aryl methyl sites for hydroxylation is 2. The fraction of sp³-hybridized carbons (Fsp3) is 0.368. The number of nitrogens with zero attached hydrogens (tertiary/aromatic N) is 4. The molecular weight excluding hydrogens is 394 g/mol. The fourth-order valence-corrected chi connectivity index (χ4v) is 4.25. The number of benzene rings is 1. The van der Waals surface area contributed by atoms with E-state index >= 15 is 0 Å². The molecule has 0 spiro atoms. The van der Waals surface area contributed by atoms with Crippen LogP contribution in [-0.4, -0.2) is 37.2 Å². The number of carbonyl (C=O) groups is 1. The molecule has 0 aliphatic rings. The summed E-state index contributed by atoms with van der Waals surface area (Å²) in [6, 6.07) is 7.69. The van der Waals surface area contributed by atoms with Crippen molar-refractivity contribution in [1.82, 2.24) is 19.3 Å². The second kappa shape index (κ2) is 8.83. The Morgan fingerprint density at radius 3 is 2.71 bits per heavy atom. The van der Waals surface area contributed by atoms with Crippen molar-refractivity contribution in [2.45, 2.75) is 43.9 Å². The van der Waals surface area contributed by atoms with E-state index in [1.54, 1.807) is 21.0 Å². The Bertz CT molecular complexity index is 1070. The van der Waals surface area contributed by atoms with Gasteiger partial charge in [0.25, 0.3) is 5.56 Å². The van der Waals surface area contributed by atoms with E-state index in [0.29, 0.717) is 29.3 Å². The summed E-state index contributed by atoms with van der Waals surface area (Å²) in [7, 11) is 0. The van der Waals surface area contributed by atoms with Crippen LogP contribution in [0.5, 0.6) is 0 Å². The molecule has 2 heterocycles. The van der Waals surface area contributed by atoms with Gasteiger partial charge < -0.3 is 5.32 Å². The van der Waals surface area contributed by atoms with Crippen LogP contribution in [-0.2, 0) is 17.9 Å². The maximum absolute atomic E-state index is 12.9. The molecule has 0 aliphatic carbocycles. The van der Waals surface area contributed by atoms with Gasteiger partial charge in [-0.25, -0.2) is 4.98 Å². The molecule has 0 bridgehead atoms. The zero-order chi connectivity index (χ0) is 20.3. The molecule has 0 unspecified atom stereocenters. The molecule has 0 aliphatic heterocycles. The molecule has 1 amide bonds. The summed E-state index contributed by atoms with van der Waals surface area (Å²) in [6.07, 6.45) is 1.99. The van der Waals surface area contributed by atoms with Crippen molar-refractivity contribution in [2.24, 2.45) is 0 Å². The highest BCUT2D eigenvalue weighted by atomic mass is 32.2. The van der Waals surface area contributed by atoms with Crippen LogP contribution in [0.15, 0.2) is 39.1 Å². The summed E-state index contributed by atoms with van der Waals surface area (Å²) < 4.78 is 3.29. The van der Waals surface area contributed by atoms with Gasteiger partial charge in [0.2, 0.25) is 5.91 Å². The Morgan fingerprint density at radius 1 is 1.25 bits per heavy atom. The van der Waals surface area contributed by atoms with Crippen LogP contribution in [0.3, 0.4) is 0 Å². The molecule has 9 heteroatoms. The number of carbonyl (C=O) groups excluding carboxylic acids is 1. The molecule has 1 N–H and O–H groups in total. The van der Waals surface area contributed by atoms with Crippen molar-refractivity contribution >= 4 is 46.2 Å². The minimum absolute atomic E-state index is 0.120. The first-order valence-electron chi connectivity index (χ1n) is 9.03. The summed E-state index contributed by atoms with van der Waals surface area (Å²) in [5.74, 6) is 0.0313. The number of nitrogens with one attached hydrogen (secondary N) is 1. The van der Waals surface area contributed by atoms with Crippen LogP contribution >= 0.6 is 23.5 Å². The van der Waals surface area contributed by atoms with Gasteiger partial charge in [0, 0.05) is 23.7 Å². The number of thioether (sulfide) groups is 2. The van der Waals surface area contributed by atoms with Gasteiger partial charge in [-0.1, -0.05) is 17.8 Å². The van der Waals surface area contributed by atoms with Crippen LogP contribution < -0.4 is 10.9 Å². The van der Waals surface area contributed by atoms with E-state index < -0.39 is 0 Å². The third-order valence-electron chi connectivity index (χ3n) is 4.28. The second-order valence-corrected chi connectivity index (χ2v) is 7.93. The summed E-state index contributed by atoms with van der Waals surface area (Å²) >= 11 is 2.88. The van der Waals surface area contributed by atoms with Gasteiger partial charge in [-0.3, -0.25) is 18.8 Å². The van der Waals surface area contributed by atoms with Gasteiger partial charge in [-0.05, 0) is 45.2 Å². The summed E-state index contributed by atoms with van der Waals surface area (Å²) in [4.78, 5) is 31.0. The Kier molecular flexibility index (Phi) is 6.46. The molecular formula is C19H23N5O2S2. The third-order valence-corrected chi connectivity index (χ3v) is 5.99. The molecule has 3 rings (SSSR count). The molecule has 0 fully saturated rings. The van der Waals surface area contributed by atoms with Crippen LogP contribution in [0.4, 0.5) is 5.69 Å². The highest BCUT2D eigenvalue weighted by molar-refractivity contribution is 7.99. The van der Waals surface area contributed by atoms with E-state index in [4.69, 9.17) is 0 Å². The monoisotopic (exact) mass is 417 g/mol. The third kappa shape index (κ3) is 4.10. The van der Waals surface area contributed by atoms with E-state index in [2.05, 4.69) is 15.4 Å². The van der Waals surface area contributed by atoms with Gasteiger partial charge >= 0.3 is 0 Å². The van der Waals surface area contributed by atoms with Gasteiger partial charge in [0.1, 0.15) is 5.52 Å². The minimum Gasteiger partial charge on any atom is -0.325 e. The van der Waals surface area contributed by atoms with E-state index in [0.717, 1.165) is 16.3 Å². The molecule has 3 aromatic rings. The van der Waals surface area contributed by atoms with Crippen molar-refractivity contribution in [3.05, 3.63) is 40.3 Å². The molecule has 0 saturated carbocycles. The topological polar surface area (TPSA) is 81.8 Å². The predicted molar refractivity (Wildman–Crippen MR) is 115 cm³/mol. The molecule has 2 aromatic heterocycles. The van der Waals surface area contributed by atoms with E-state index in [1.165, 1.54) is 11.8 Å². The first kappa shape index (κ1) is 20.5. The smallest absolute Gasteiger partial charge is 0.280 e. The second-order valence-electron chi connectivity index (χ2n) is 6.11. The number of hydrogen-bond acceptors (Lipinski definition) is 6. The predicted octanol–water partition coefficient (Wildman–Crippen LogP) is 3.39. The molecule has 0 saturated heterocycles. The van der Waals surface area contributed by atoms with Crippen molar-refractivity contribution in [3.63, 3.8) is 0 Å². The van der Waals surface area contributed by atoms with E-state index in [9.17, 15) is 9.59 Å². The van der Waals surface area contributed by atoms with Crippen LogP contribution in [0.2, 0.25) is 0 Å². The quantitative estimate of drug-likeness (QED) is 0.469. The largest absolute Gasteiger partial charge is 0.325 e. The van der Waals surface area contributed by atoms with Crippen molar-refractivity contribution in [2.75, 3.05) is 17.3 Å². The summed E-state index contributed by atoms with van der Waals surface area (Å²) in [5.41, 5.74) is 2.48. The van der Waals surface area contributed by atoms with Gasteiger partial charge in [-0.15, -0.1) is 11.8 Å². The van der Waals surface area contributed by atoms with Gasteiger partial charge in [0.15, 0.2) is 10.7 Å². The lowest BCUT2D eigenvalue weighted by atomic mass is 10.3. The number of rotatable bonds is 7. The number of hydrogen-bond donors (Lipinski definition) is 1.